The second kappa shape index (κ2) is 9.21. The molecule has 3 N–H and O–H groups in total. The maximum atomic E-state index is 12.6. The first-order chi connectivity index (χ1) is 15.8. The van der Waals surface area contributed by atoms with Gasteiger partial charge in [-0.15, -0.1) is 0 Å². The van der Waals surface area contributed by atoms with Crippen LogP contribution in [0.3, 0.4) is 0 Å². The highest BCUT2D eigenvalue weighted by Crippen LogP contribution is 2.30. The number of amides is 2. The van der Waals surface area contributed by atoms with E-state index >= 15 is 0 Å². The molecule has 170 valence electrons. The smallest absolute Gasteiger partial charge is 0.283 e. The SMILES string of the molecule is Cc1ccc(NS(=O)(=O)c2ccc(C(=O)NNC(=O)[C@@H]3COc4ccccc4O3)cc2)cc1. The minimum atomic E-state index is -3.82. The molecule has 1 aliphatic rings. The standard InChI is InChI=1S/C23H21N3O6S/c1-15-6-10-17(11-7-15)26-33(29,30)18-12-8-16(9-13-18)22(27)24-25-23(28)21-14-31-19-4-2-3-5-20(19)32-21/h2-13,21,26H,14H2,1H3,(H,24,27)(H,25,28)/t21-/m0/s1. The van der Waals surface area contributed by atoms with E-state index in [0.717, 1.165) is 5.56 Å². The van der Waals surface area contributed by atoms with Crippen molar-refractivity contribution < 1.29 is 27.5 Å². The van der Waals surface area contributed by atoms with Crippen LogP contribution in [0.15, 0.2) is 77.7 Å². The largest absolute Gasteiger partial charge is 0.485 e. The molecule has 4 rings (SSSR count). The summed E-state index contributed by atoms with van der Waals surface area (Å²) in [6.45, 7) is 1.90. The highest BCUT2D eigenvalue weighted by Gasteiger charge is 2.27. The van der Waals surface area contributed by atoms with Crippen molar-refractivity contribution in [1.82, 2.24) is 10.9 Å². The molecule has 0 aromatic heterocycles. The van der Waals surface area contributed by atoms with Gasteiger partial charge in [0.25, 0.3) is 21.8 Å². The molecular formula is C23H21N3O6S. The fraction of sp³-hybridized carbons (Fsp3) is 0.130. The Morgan fingerprint density at radius 1 is 0.879 bits per heavy atom. The lowest BCUT2D eigenvalue weighted by atomic mass is 10.2. The van der Waals surface area contributed by atoms with Crippen LogP contribution in [0.1, 0.15) is 15.9 Å². The Morgan fingerprint density at radius 3 is 2.24 bits per heavy atom. The van der Waals surface area contributed by atoms with E-state index in [1.165, 1.54) is 24.3 Å². The number of benzene rings is 3. The molecule has 0 aliphatic carbocycles. The zero-order chi connectivity index (χ0) is 23.4. The average molecular weight is 468 g/mol. The fourth-order valence-corrected chi connectivity index (χ4v) is 4.10. The third-order valence-electron chi connectivity index (χ3n) is 4.83. The van der Waals surface area contributed by atoms with Gasteiger partial charge >= 0.3 is 0 Å². The highest BCUT2D eigenvalue weighted by atomic mass is 32.2. The normalized spacial score (nSPS) is 14.8. The molecule has 0 saturated carbocycles. The summed E-state index contributed by atoms with van der Waals surface area (Å²) < 4.78 is 38.6. The van der Waals surface area contributed by atoms with Crippen LogP contribution in [0.2, 0.25) is 0 Å². The second-order valence-corrected chi connectivity index (χ2v) is 8.99. The molecule has 10 heteroatoms. The first-order valence-electron chi connectivity index (χ1n) is 10.00. The van der Waals surface area contributed by atoms with Crippen molar-refractivity contribution in [1.29, 1.82) is 0 Å². The number of sulfonamides is 1. The van der Waals surface area contributed by atoms with E-state index in [-0.39, 0.29) is 17.1 Å². The second-order valence-electron chi connectivity index (χ2n) is 7.30. The van der Waals surface area contributed by atoms with Crippen molar-refractivity contribution in [3.63, 3.8) is 0 Å². The summed E-state index contributed by atoms with van der Waals surface area (Å²) >= 11 is 0. The van der Waals surface area contributed by atoms with Crippen LogP contribution in [-0.2, 0) is 14.8 Å². The van der Waals surface area contributed by atoms with Crippen molar-refractivity contribution in [3.8, 4) is 11.5 Å². The van der Waals surface area contributed by atoms with Gasteiger partial charge in [-0.05, 0) is 55.5 Å². The van der Waals surface area contributed by atoms with Crippen LogP contribution < -0.4 is 25.0 Å². The van der Waals surface area contributed by atoms with Gasteiger partial charge in [0.15, 0.2) is 11.5 Å². The quantitative estimate of drug-likeness (QED) is 0.495. The average Bonchev–Trinajstić information content (AvgIpc) is 2.83. The zero-order valence-corrected chi connectivity index (χ0v) is 18.4. The summed E-state index contributed by atoms with van der Waals surface area (Å²) in [5, 5.41) is 0. The van der Waals surface area contributed by atoms with Crippen LogP contribution in [0, 0.1) is 6.92 Å². The summed E-state index contributed by atoms with van der Waals surface area (Å²) in [5.41, 5.74) is 6.18. The summed E-state index contributed by atoms with van der Waals surface area (Å²) in [7, 11) is -3.82. The Hall–Kier alpha value is -4.05. The third kappa shape index (κ3) is 5.24. The number of hydrogen-bond donors (Lipinski definition) is 3. The van der Waals surface area contributed by atoms with Gasteiger partial charge in [-0.1, -0.05) is 29.8 Å². The number of fused-ring (bicyclic) bond motifs is 1. The Bertz CT molecular complexity index is 1270. The van der Waals surface area contributed by atoms with E-state index in [1.807, 2.05) is 6.92 Å². The number of anilines is 1. The summed E-state index contributed by atoms with van der Waals surface area (Å²) in [5.74, 6) is -0.223. The van der Waals surface area contributed by atoms with Crippen LogP contribution in [0.4, 0.5) is 5.69 Å². The maximum Gasteiger partial charge on any atom is 0.283 e. The van der Waals surface area contributed by atoms with Gasteiger partial charge < -0.3 is 9.47 Å². The van der Waals surface area contributed by atoms with Gasteiger partial charge in [0, 0.05) is 11.3 Å². The first kappa shape index (κ1) is 22.2. The number of carbonyl (C=O) groups is 2. The van der Waals surface area contributed by atoms with E-state index < -0.39 is 27.9 Å². The van der Waals surface area contributed by atoms with Crippen molar-refractivity contribution in [2.75, 3.05) is 11.3 Å². The highest BCUT2D eigenvalue weighted by molar-refractivity contribution is 7.92. The number of rotatable bonds is 5. The van der Waals surface area contributed by atoms with E-state index in [4.69, 9.17) is 9.47 Å². The van der Waals surface area contributed by atoms with E-state index in [1.54, 1.807) is 48.5 Å². The molecule has 0 spiro atoms. The van der Waals surface area contributed by atoms with Crippen LogP contribution in [-0.4, -0.2) is 32.9 Å². The Kier molecular flexibility index (Phi) is 6.18. The van der Waals surface area contributed by atoms with Gasteiger partial charge in [-0.2, -0.15) is 0 Å². The molecule has 0 bridgehead atoms. The molecule has 0 unspecified atom stereocenters. The monoisotopic (exact) mass is 467 g/mol. The van der Waals surface area contributed by atoms with E-state index in [0.29, 0.717) is 17.2 Å². The number of carbonyl (C=O) groups excluding carboxylic acids is 2. The molecule has 0 radical (unpaired) electrons. The van der Waals surface area contributed by atoms with Gasteiger partial charge in [0.1, 0.15) is 6.61 Å². The number of nitrogens with one attached hydrogen (secondary N) is 3. The molecule has 3 aromatic rings. The minimum Gasteiger partial charge on any atom is -0.485 e. The molecule has 0 saturated heterocycles. The molecule has 9 nitrogen and oxygen atoms in total. The van der Waals surface area contributed by atoms with Crippen molar-refractivity contribution in [2.24, 2.45) is 0 Å². The predicted octanol–water partition coefficient (Wildman–Crippen LogP) is 2.40. The fourth-order valence-electron chi connectivity index (χ4n) is 3.04. The number of aryl methyl sites for hydroxylation is 1. The number of hydrazine groups is 1. The lowest BCUT2D eigenvalue weighted by Gasteiger charge is -2.25. The number of para-hydroxylation sites is 2. The van der Waals surface area contributed by atoms with Gasteiger partial charge in [-0.3, -0.25) is 25.2 Å². The summed E-state index contributed by atoms with van der Waals surface area (Å²) in [6, 6.07) is 19.2. The van der Waals surface area contributed by atoms with Crippen molar-refractivity contribution in [2.45, 2.75) is 17.9 Å². The number of hydrogen-bond acceptors (Lipinski definition) is 6. The molecule has 1 atom stereocenters. The molecule has 2 amide bonds. The van der Waals surface area contributed by atoms with Crippen LogP contribution in [0.25, 0.3) is 0 Å². The summed E-state index contributed by atoms with van der Waals surface area (Å²) in [6.07, 6.45) is -0.930. The predicted molar refractivity (Wildman–Crippen MR) is 120 cm³/mol. The zero-order valence-electron chi connectivity index (χ0n) is 17.6. The molecule has 1 aliphatic heterocycles. The minimum absolute atomic E-state index is 0.000738. The Morgan fingerprint density at radius 2 is 1.55 bits per heavy atom. The van der Waals surface area contributed by atoms with Crippen LogP contribution >= 0.6 is 0 Å². The molecule has 33 heavy (non-hydrogen) atoms. The van der Waals surface area contributed by atoms with E-state index in [9.17, 15) is 18.0 Å². The topological polar surface area (TPSA) is 123 Å². The first-order valence-corrected chi connectivity index (χ1v) is 11.5. The van der Waals surface area contributed by atoms with E-state index in [2.05, 4.69) is 15.6 Å². The summed E-state index contributed by atoms with van der Waals surface area (Å²) in [4.78, 5) is 24.7. The lowest BCUT2D eigenvalue weighted by Crippen LogP contribution is -2.50. The maximum absolute atomic E-state index is 12.6. The third-order valence-corrected chi connectivity index (χ3v) is 6.23. The van der Waals surface area contributed by atoms with Crippen molar-refractivity contribution in [3.05, 3.63) is 83.9 Å². The van der Waals surface area contributed by atoms with Gasteiger partial charge in [0.2, 0.25) is 6.10 Å². The molecule has 3 aromatic carbocycles. The molecule has 0 fully saturated rings. The Labute approximate surface area is 190 Å². The Balaban J connectivity index is 1.33. The van der Waals surface area contributed by atoms with Gasteiger partial charge in [-0.25, -0.2) is 8.42 Å². The lowest BCUT2D eigenvalue weighted by molar-refractivity contribution is -0.131. The van der Waals surface area contributed by atoms with Crippen molar-refractivity contribution >= 4 is 27.5 Å². The molecular weight excluding hydrogens is 446 g/mol. The van der Waals surface area contributed by atoms with Gasteiger partial charge in [0.05, 0.1) is 4.90 Å². The molecule has 1 heterocycles. The number of ether oxygens (including phenoxy) is 2. The van der Waals surface area contributed by atoms with Crippen LogP contribution in [0.5, 0.6) is 11.5 Å².